The average molecular weight is 313 g/mol. The highest BCUT2D eigenvalue weighted by atomic mass is 19.1. The Morgan fingerprint density at radius 2 is 1.82 bits per heavy atom. The van der Waals surface area contributed by atoms with Crippen LogP contribution < -0.4 is 5.32 Å². The molecule has 2 rings (SSSR count). The van der Waals surface area contributed by atoms with Gasteiger partial charge in [-0.15, -0.1) is 0 Å². The Kier molecular flexibility index (Phi) is 4.75. The first-order valence-electron chi connectivity index (χ1n) is 6.94. The molecule has 1 saturated heterocycles. The summed E-state index contributed by atoms with van der Waals surface area (Å²) in [4.78, 5) is 23.8. The van der Waals surface area contributed by atoms with Crippen molar-refractivity contribution in [2.24, 2.45) is 0 Å². The van der Waals surface area contributed by atoms with E-state index in [1.165, 1.54) is 13.0 Å². The first-order chi connectivity index (χ1) is 10.4. The van der Waals surface area contributed by atoms with E-state index in [0.29, 0.717) is 0 Å². The number of amides is 1. The highest BCUT2D eigenvalue weighted by molar-refractivity contribution is 5.90. The number of benzene rings is 1. The van der Waals surface area contributed by atoms with Crippen molar-refractivity contribution in [3.8, 4) is 0 Å². The van der Waals surface area contributed by atoms with Crippen molar-refractivity contribution < 1.29 is 28.2 Å². The molecule has 1 heterocycles. The van der Waals surface area contributed by atoms with Crippen LogP contribution in [0, 0.1) is 11.6 Å². The molecule has 1 aromatic rings. The van der Waals surface area contributed by atoms with Crippen molar-refractivity contribution in [1.82, 2.24) is 5.32 Å². The Balaban J connectivity index is 2.22. The second-order valence-corrected chi connectivity index (χ2v) is 5.35. The lowest BCUT2D eigenvalue weighted by Crippen LogP contribution is -2.58. The molecule has 22 heavy (non-hydrogen) atoms. The molecule has 0 spiro atoms. The minimum Gasteiger partial charge on any atom is -0.480 e. The SMILES string of the molecule is CC(C(=O)NC1(C(=O)O)CCOCC1)c1c(F)cccc1F. The fraction of sp³-hybridized carbons (Fsp3) is 0.467. The fourth-order valence-corrected chi connectivity index (χ4v) is 2.51. The molecule has 2 N–H and O–H groups in total. The Labute approximate surface area is 126 Å². The lowest BCUT2D eigenvalue weighted by atomic mass is 9.88. The van der Waals surface area contributed by atoms with E-state index in [1.54, 1.807) is 0 Å². The van der Waals surface area contributed by atoms with Crippen LogP contribution >= 0.6 is 0 Å². The molecule has 1 atom stereocenters. The van der Waals surface area contributed by atoms with Gasteiger partial charge in [0.15, 0.2) is 0 Å². The Morgan fingerprint density at radius 1 is 1.27 bits per heavy atom. The molecule has 1 amide bonds. The van der Waals surface area contributed by atoms with E-state index < -0.39 is 35.0 Å². The van der Waals surface area contributed by atoms with Crippen LogP contribution in [0.1, 0.15) is 31.2 Å². The van der Waals surface area contributed by atoms with Crippen molar-refractivity contribution in [2.45, 2.75) is 31.2 Å². The zero-order valence-electron chi connectivity index (χ0n) is 12.1. The third-order valence-corrected chi connectivity index (χ3v) is 3.94. The molecule has 0 bridgehead atoms. The van der Waals surface area contributed by atoms with Crippen LogP contribution in [0.2, 0.25) is 0 Å². The van der Waals surface area contributed by atoms with E-state index in [9.17, 15) is 23.5 Å². The van der Waals surface area contributed by atoms with Crippen LogP contribution in [-0.4, -0.2) is 35.7 Å². The van der Waals surface area contributed by atoms with Crippen LogP contribution in [-0.2, 0) is 14.3 Å². The normalized spacial score (nSPS) is 18.5. The van der Waals surface area contributed by atoms with Crippen molar-refractivity contribution in [2.75, 3.05) is 13.2 Å². The first kappa shape index (κ1) is 16.4. The number of carboxylic acids is 1. The van der Waals surface area contributed by atoms with E-state index in [-0.39, 0.29) is 31.6 Å². The topological polar surface area (TPSA) is 75.6 Å². The van der Waals surface area contributed by atoms with Crippen LogP contribution in [0.3, 0.4) is 0 Å². The zero-order valence-corrected chi connectivity index (χ0v) is 12.1. The molecular formula is C15H17F2NO4. The standard InChI is InChI=1S/C15H17F2NO4/c1-9(12-10(16)3-2-4-11(12)17)13(19)18-15(14(20)21)5-7-22-8-6-15/h2-4,9H,5-8H2,1H3,(H,18,19)(H,20,21). The second kappa shape index (κ2) is 6.39. The molecule has 0 radical (unpaired) electrons. The summed E-state index contributed by atoms with van der Waals surface area (Å²) in [6.07, 6.45) is 0.223. The van der Waals surface area contributed by atoms with Gasteiger partial charge in [0.2, 0.25) is 5.91 Å². The van der Waals surface area contributed by atoms with Gasteiger partial charge in [0.25, 0.3) is 0 Å². The summed E-state index contributed by atoms with van der Waals surface area (Å²) in [5.41, 5.74) is -1.82. The van der Waals surface area contributed by atoms with Gasteiger partial charge < -0.3 is 15.2 Å². The lowest BCUT2D eigenvalue weighted by Gasteiger charge is -2.34. The van der Waals surface area contributed by atoms with Crippen molar-refractivity contribution in [1.29, 1.82) is 0 Å². The van der Waals surface area contributed by atoms with E-state index in [1.807, 2.05) is 0 Å². The molecule has 5 nitrogen and oxygen atoms in total. The number of rotatable bonds is 4. The quantitative estimate of drug-likeness (QED) is 0.889. The van der Waals surface area contributed by atoms with Crippen molar-refractivity contribution >= 4 is 11.9 Å². The van der Waals surface area contributed by atoms with Crippen LogP contribution in [0.25, 0.3) is 0 Å². The van der Waals surface area contributed by atoms with Gasteiger partial charge >= 0.3 is 5.97 Å². The van der Waals surface area contributed by atoms with Gasteiger partial charge in [-0.05, 0) is 19.1 Å². The summed E-state index contributed by atoms with van der Waals surface area (Å²) in [5, 5.41) is 11.8. The molecule has 1 unspecified atom stereocenters. The summed E-state index contributed by atoms with van der Waals surface area (Å²) in [6.45, 7) is 1.75. The molecule has 0 saturated carbocycles. The number of carboxylic acid groups (broad SMARTS) is 1. The number of halogens is 2. The molecule has 1 fully saturated rings. The van der Waals surface area contributed by atoms with E-state index in [2.05, 4.69) is 5.32 Å². The van der Waals surface area contributed by atoms with Gasteiger partial charge in [0.05, 0.1) is 5.92 Å². The largest absolute Gasteiger partial charge is 0.480 e. The maximum atomic E-state index is 13.7. The molecule has 120 valence electrons. The number of nitrogens with one attached hydrogen (secondary N) is 1. The summed E-state index contributed by atoms with van der Waals surface area (Å²) >= 11 is 0. The van der Waals surface area contributed by atoms with Gasteiger partial charge in [0.1, 0.15) is 17.2 Å². The first-order valence-corrected chi connectivity index (χ1v) is 6.94. The zero-order chi connectivity index (χ0) is 16.3. The van der Waals surface area contributed by atoms with Crippen molar-refractivity contribution in [3.63, 3.8) is 0 Å². The molecule has 7 heteroatoms. The maximum absolute atomic E-state index is 13.7. The highest BCUT2D eigenvalue weighted by Crippen LogP contribution is 2.26. The average Bonchev–Trinajstić information content (AvgIpc) is 2.47. The van der Waals surface area contributed by atoms with E-state index in [4.69, 9.17) is 4.74 Å². The molecular weight excluding hydrogens is 296 g/mol. The van der Waals surface area contributed by atoms with Crippen LogP contribution in [0.4, 0.5) is 8.78 Å². The monoisotopic (exact) mass is 313 g/mol. The number of carbonyl (C=O) groups is 2. The van der Waals surface area contributed by atoms with Gasteiger partial charge in [0, 0.05) is 31.6 Å². The number of ether oxygens (including phenoxy) is 1. The number of hydrogen-bond acceptors (Lipinski definition) is 3. The Bertz CT molecular complexity index is 565. The maximum Gasteiger partial charge on any atom is 0.329 e. The minimum absolute atomic E-state index is 0.112. The molecule has 1 aliphatic rings. The Hall–Kier alpha value is -2.02. The number of carbonyl (C=O) groups excluding carboxylic acids is 1. The summed E-state index contributed by atoms with van der Waals surface area (Å²) in [5.74, 6) is -4.71. The highest BCUT2D eigenvalue weighted by Gasteiger charge is 2.42. The molecule has 1 aliphatic heterocycles. The number of hydrogen-bond donors (Lipinski definition) is 2. The van der Waals surface area contributed by atoms with Crippen LogP contribution in [0.5, 0.6) is 0 Å². The van der Waals surface area contributed by atoms with Gasteiger partial charge in [-0.2, -0.15) is 0 Å². The lowest BCUT2D eigenvalue weighted by molar-refractivity contribution is -0.152. The van der Waals surface area contributed by atoms with Gasteiger partial charge in [-0.3, -0.25) is 4.79 Å². The summed E-state index contributed by atoms with van der Waals surface area (Å²) < 4.78 is 32.6. The molecule has 0 aromatic heterocycles. The predicted molar refractivity (Wildman–Crippen MR) is 73.3 cm³/mol. The smallest absolute Gasteiger partial charge is 0.329 e. The van der Waals surface area contributed by atoms with Gasteiger partial charge in [-0.1, -0.05) is 6.07 Å². The van der Waals surface area contributed by atoms with Gasteiger partial charge in [-0.25, -0.2) is 13.6 Å². The number of aliphatic carboxylic acids is 1. The van der Waals surface area contributed by atoms with E-state index >= 15 is 0 Å². The van der Waals surface area contributed by atoms with Crippen LogP contribution in [0.15, 0.2) is 18.2 Å². The molecule has 0 aliphatic carbocycles. The van der Waals surface area contributed by atoms with Crippen molar-refractivity contribution in [3.05, 3.63) is 35.4 Å². The summed E-state index contributed by atoms with van der Waals surface area (Å²) in [7, 11) is 0. The minimum atomic E-state index is -1.45. The molecule has 1 aromatic carbocycles. The third kappa shape index (κ3) is 3.09. The Morgan fingerprint density at radius 3 is 2.32 bits per heavy atom. The second-order valence-electron chi connectivity index (χ2n) is 5.35. The van der Waals surface area contributed by atoms with E-state index in [0.717, 1.165) is 12.1 Å². The third-order valence-electron chi connectivity index (χ3n) is 3.94. The summed E-state index contributed by atoms with van der Waals surface area (Å²) in [6, 6.07) is 3.32. The predicted octanol–water partition coefficient (Wildman–Crippen LogP) is 1.82. The fourth-order valence-electron chi connectivity index (χ4n) is 2.51.